The van der Waals surface area contributed by atoms with Gasteiger partial charge in [-0.2, -0.15) is 10.5 Å². The summed E-state index contributed by atoms with van der Waals surface area (Å²) in [5.74, 6) is 0.204. The maximum Gasteiger partial charge on any atom is 0.262 e. The van der Waals surface area contributed by atoms with Gasteiger partial charge in [-0.25, -0.2) is 0 Å². The van der Waals surface area contributed by atoms with Crippen LogP contribution in [-0.2, 0) is 11.4 Å². The van der Waals surface area contributed by atoms with E-state index >= 15 is 0 Å². The quantitative estimate of drug-likeness (QED) is 0.612. The molecule has 0 aliphatic heterocycles. The number of nitriles is 2. The van der Waals surface area contributed by atoms with E-state index in [4.69, 9.17) is 4.74 Å². The Morgan fingerprint density at radius 3 is 2.57 bits per heavy atom. The molecule has 2 aromatic carbocycles. The minimum Gasteiger partial charge on any atom is -0.488 e. The van der Waals surface area contributed by atoms with Crippen molar-refractivity contribution >= 4 is 12.0 Å². The molecule has 140 valence electrons. The van der Waals surface area contributed by atoms with Crippen molar-refractivity contribution in [2.45, 2.75) is 38.3 Å². The fourth-order valence-electron chi connectivity index (χ4n) is 3.28. The van der Waals surface area contributed by atoms with Gasteiger partial charge < -0.3 is 10.1 Å². The van der Waals surface area contributed by atoms with Crippen molar-refractivity contribution in [2.24, 2.45) is 0 Å². The van der Waals surface area contributed by atoms with Gasteiger partial charge in [-0.3, -0.25) is 4.79 Å². The number of hydrogen-bond donors (Lipinski definition) is 1. The van der Waals surface area contributed by atoms with Crippen molar-refractivity contribution in [2.75, 3.05) is 0 Å². The SMILES string of the molecule is N#CC(=Cc1ccccc1OCc1ccccc1C#N)C(=O)NC1CCCC1. The Morgan fingerprint density at radius 2 is 1.82 bits per heavy atom. The van der Waals surface area contributed by atoms with E-state index in [1.165, 1.54) is 0 Å². The summed E-state index contributed by atoms with van der Waals surface area (Å²) < 4.78 is 5.89. The van der Waals surface area contributed by atoms with Crippen LogP contribution >= 0.6 is 0 Å². The molecule has 1 aliphatic carbocycles. The predicted molar refractivity (Wildman–Crippen MR) is 106 cm³/mol. The summed E-state index contributed by atoms with van der Waals surface area (Å²) in [7, 11) is 0. The maximum absolute atomic E-state index is 12.4. The van der Waals surface area contributed by atoms with Gasteiger partial charge in [0.1, 0.15) is 24.0 Å². The Bertz CT molecular complexity index is 960. The van der Waals surface area contributed by atoms with Crippen LogP contribution in [0.4, 0.5) is 0 Å². The molecule has 0 aromatic heterocycles. The van der Waals surface area contributed by atoms with Crippen LogP contribution in [0.15, 0.2) is 54.1 Å². The van der Waals surface area contributed by atoms with E-state index in [-0.39, 0.29) is 24.1 Å². The van der Waals surface area contributed by atoms with E-state index in [0.717, 1.165) is 31.2 Å². The smallest absolute Gasteiger partial charge is 0.262 e. The van der Waals surface area contributed by atoms with E-state index in [0.29, 0.717) is 16.9 Å². The van der Waals surface area contributed by atoms with Gasteiger partial charge in [0.15, 0.2) is 0 Å². The van der Waals surface area contributed by atoms with Crippen molar-refractivity contribution < 1.29 is 9.53 Å². The fourth-order valence-corrected chi connectivity index (χ4v) is 3.28. The van der Waals surface area contributed by atoms with E-state index < -0.39 is 0 Å². The lowest BCUT2D eigenvalue weighted by Crippen LogP contribution is -2.33. The first kappa shape index (κ1) is 19.2. The lowest BCUT2D eigenvalue weighted by molar-refractivity contribution is -0.117. The van der Waals surface area contributed by atoms with Gasteiger partial charge in [0.05, 0.1) is 11.6 Å². The molecule has 0 heterocycles. The normalized spacial score (nSPS) is 14.1. The highest BCUT2D eigenvalue weighted by Crippen LogP contribution is 2.23. The standard InChI is InChI=1S/C23H21N3O2/c24-14-18-8-1-2-9-19(18)16-28-22-12-6-3-7-17(22)13-20(15-25)23(27)26-21-10-4-5-11-21/h1-3,6-9,12-13,21H,4-5,10-11,16H2,(H,26,27). The molecule has 0 unspecified atom stereocenters. The van der Waals surface area contributed by atoms with Crippen LogP contribution in [-0.4, -0.2) is 11.9 Å². The number of amides is 1. The van der Waals surface area contributed by atoms with Crippen molar-refractivity contribution in [1.82, 2.24) is 5.32 Å². The molecule has 0 bridgehead atoms. The summed E-state index contributed by atoms with van der Waals surface area (Å²) in [4.78, 5) is 12.4. The number of carbonyl (C=O) groups excluding carboxylic acids is 1. The third kappa shape index (κ3) is 4.78. The molecule has 1 amide bonds. The maximum atomic E-state index is 12.4. The molecule has 0 atom stereocenters. The highest BCUT2D eigenvalue weighted by Gasteiger charge is 2.19. The first-order valence-corrected chi connectivity index (χ1v) is 9.33. The van der Waals surface area contributed by atoms with Crippen LogP contribution in [0.1, 0.15) is 42.4 Å². The highest BCUT2D eigenvalue weighted by molar-refractivity contribution is 6.02. The molecule has 1 fully saturated rings. The van der Waals surface area contributed by atoms with Gasteiger partial charge in [0.25, 0.3) is 5.91 Å². The van der Waals surface area contributed by atoms with Gasteiger partial charge in [0.2, 0.25) is 0 Å². The van der Waals surface area contributed by atoms with E-state index in [2.05, 4.69) is 11.4 Å². The molecular formula is C23H21N3O2. The number of nitrogens with one attached hydrogen (secondary N) is 1. The monoisotopic (exact) mass is 371 g/mol. The lowest BCUT2D eigenvalue weighted by Gasteiger charge is -2.12. The Labute approximate surface area is 164 Å². The summed E-state index contributed by atoms with van der Waals surface area (Å²) in [5, 5.41) is 21.6. The minimum atomic E-state index is -0.348. The van der Waals surface area contributed by atoms with Gasteiger partial charge in [-0.1, -0.05) is 49.2 Å². The van der Waals surface area contributed by atoms with E-state index in [9.17, 15) is 15.3 Å². The molecule has 2 aromatic rings. The Kier molecular flexibility index (Phi) is 6.44. The van der Waals surface area contributed by atoms with Crippen molar-refractivity contribution in [1.29, 1.82) is 10.5 Å². The zero-order chi connectivity index (χ0) is 19.8. The van der Waals surface area contributed by atoms with Crippen molar-refractivity contribution in [3.8, 4) is 17.9 Å². The van der Waals surface area contributed by atoms with Gasteiger partial charge >= 0.3 is 0 Å². The lowest BCUT2D eigenvalue weighted by atomic mass is 10.1. The molecule has 5 nitrogen and oxygen atoms in total. The molecule has 28 heavy (non-hydrogen) atoms. The second-order valence-corrected chi connectivity index (χ2v) is 6.72. The first-order valence-electron chi connectivity index (χ1n) is 9.33. The van der Waals surface area contributed by atoms with Crippen LogP contribution in [0, 0.1) is 22.7 Å². The topological polar surface area (TPSA) is 85.9 Å². The molecule has 1 N–H and O–H groups in total. The molecule has 1 saturated carbocycles. The van der Waals surface area contributed by atoms with Crippen LogP contribution in [0.5, 0.6) is 5.75 Å². The van der Waals surface area contributed by atoms with Crippen LogP contribution in [0.2, 0.25) is 0 Å². The second kappa shape index (κ2) is 9.39. The van der Waals surface area contributed by atoms with Crippen molar-refractivity contribution in [3.63, 3.8) is 0 Å². The van der Waals surface area contributed by atoms with E-state index in [1.54, 1.807) is 30.3 Å². The van der Waals surface area contributed by atoms with Gasteiger partial charge in [0, 0.05) is 17.2 Å². The number of nitrogens with zero attached hydrogens (tertiary/aromatic N) is 2. The number of hydrogen-bond acceptors (Lipinski definition) is 4. The summed E-state index contributed by atoms with van der Waals surface area (Å²) in [6.45, 7) is 0.227. The minimum absolute atomic E-state index is 0.0559. The largest absolute Gasteiger partial charge is 0.488 e. The third-order valence-corrected chi connectivity index (χ3v) is 4.80. The summed E-state index contributed by atoms with van der Waals surface area (Å²) in [6.07, 6.45) is 5.69. The number of carbonyl (C=O) groups is 1. The zero-order valence-electron chi connectivity index (χ0n) is 15.5. The third-order valence-electron chi connectivity index (χ3n) is 4.80. The first-order chi connectivity index (χ1) is 13.7. The molecule has 0 saturated heterocycles. The average Bonchev–Trinajstić information content (AvgIpc) is 3.24. The van der Waals surface area contributed by atoms with Gasteiger partial charge in [-0.15, -0.1) is 0 Å². The van der Waals surface area contributed by atoms with Crippen LogP contribution in [0.25, 0.3) is 6.08 Å². The molecular weight excluding hydrogens is 350 g/mol. The molecule has 5 heteroatoms. The van der Waals surface area contributed by atoms with Crippen LogP contribution in [0.3, 0.4) is 0 Å². The molecule has 1 aliphatic rings. The number of para-hydroxylation sites is 1. The predicted octanol–water partition coefficient (Wildman–Crippen LogP) is 4.10. The van der Waals surface area contributed by atoms with E-state index in [1.807, 2.05) is 30.3 Å². The Balaban J connectivity index is 1.76. The number of benzene rings is 2. The highest BCUT2D eigenvalue weighted by atomic mass is 16.5. The average molecular weight is 371 g/mol. The fraction of sp³-hybridized carbons (Fsp3) is 0.261. The summed E-state index contributed by atoms with van der Waals surface area (Å²) in [6, 6.07) is 18.8. The molecule has 0 spiro atoms. The summed E-state index contributed by atoms with van der Waals surface area (Å²) in [5.41, 5.74) is 2.04. The molecule has 3 rings (SSSR count). The number of ether oxygens (including phenoxy) is 1. The Hall–Kier alpha value is -3.57. The summed E-state index contributed by atoms with van der Waals surface area (Å²) >= 11 is 0. The van der Waals surface area contributed by atoms with Crippen LogP contribution < -0.4 is 10.1 Å². The van der Waals surface area contributed by atoms with Crippen molar-refractivity contribution in [3.05, 3.63) is 70.8 Å². The van der Waals surface area contributed by atoms with Gasteiger partial charge in [-0.05, 0) is 31.1 Å². The second-order valence-electron chi connectivity index (χ2n) is 6.72. The zero-order valence-corrected chi connectivity index (χ0v) is 15.5. The molecule has 0 radical (unpaired) electrons. The number of rotatable bonds is 6. The Morgan fingerprint density at radius 1 is 1.11 bits per heavy atom.